The van der Waals surface area contributed by atoms with Gasteiger partial charge in [0.2, 0.25) is 0 Å². The molecule has 4 nitrogen and oxygen atoms in total. The monoisotopic (exact) mass is 657 g/mol. The van der Waals surface area contributed by atoms with Crippen LogP contribution < -0.4 is 19.1 Å². The Morgan fingerprint density at radius 2 is 1.22 bits per heavy atom. The molecule has 240 valence electrons. The summed E-state index contributed by atoms with van der Waals surface area (Å²) in [6.07, 6.45) is 4.47. The standard InChI is InChI=1S/C44H35NO3S/c1-46-33-21-17-31(18-22-33)44(30-15-19-32(20-16-30)45-25-27-49-28-26-45)24-23-39-42-38-14-8-7-12-36(38)35-11-5-6-13-37(35)40(42)29-41(43(39)48-44)47-34-9-3-2-4-10-34/h2-24,29H,25-28H2,1H3. The molecule has 0 radical (unpaired) electrons. The van der Waals surface area contributed by atoms with Gasteiger partial charge in [-0.2, -0.15) is 11.8 Å². The van der Waals surface area contributed by atoms with Crippen LogP contribution >= 0.6 is 11.8 Å². The van der Waals surface area contributed by atoms with E-state index in [9.17, 15) is 0 Å². The maximum absolute atomic E-state index is 7.45. The molecule has 0 bridgehead atoms. The average Bonchev–Trinajstić information content (AvgIpc) is 3.18. The molecule has 0 saturated carbocycles. The molecule has 1 saturated heterocycles. The van der Waals surface area contributed by atoms with Gasteiger partial charge in [0.15, 0.2) is 17.1 Å². The lowest BCUT2D eigenvalue weighted by Gasteiger charge is -2.37. The fourth-order valence-electron chi connectivity index (χ4n) is 7.46. The maximum Gasteiger partial charge on any atom is 0.178 e. The van der Waals surface area contributed by atoms with E-state index in [-0.39, 0.29) is 0 Å². The Morgan fingerprint density at radius 1 is 0.633 bits per heavy atom. The maximum atomic E-state index is 7.45. The number of para-hydroxylation sites is 1. The molecule has 0 aliphatic carbocycles. The van der Waals surface area contributed by atoms with E-state index in [1.54, 1.807) is 7.11 Å². The van der Waals surface area contributed by atoms with Crippen molar-refractivity contribution in [2.45, 2.75) is 5.60 Å². The first kappa shape index (κ1) is 29.7. The Labute approximate surface area is 290 Å². The minimum Gasteiger partial charge on any atom is -0.497 e. The van der Waals surface area contributed by atoms with Crippen molar-refractivity contribution in [1.82, 2.24) is 0 Å². The van der Waals surface area contributed by atoms with Crippen LogP contribution in [0.2, 0.25) is 0 Å². The Morgan fingerprint density at radius 3 is 1.90 bits per heavy atom. The highest BCUT2D eigenvalue weighted by Crippen LogP contribution is 2.52. The first-order valence-electron chi connectivity index (χ1n) is 16.8. The molecule has 7 aromatic carbocycles. The molecule has 9 rings (SSSR count). The molecule has 49 heavy (non-hydrogen) atoms. The van der Waals surface area contributed by atoms with Crippen molar-refractivity contribution in [1.29, 1.82) is 0 Å². The molecule has 7 aromatic rings. The van der Waals surface area contributed by atoms with Crippen molar-refractivity contribution < 1.29 is 14.2 Å². The molecular weight excluding hydrogens is 623 g/mol. The molecule has 0 N–H and O–H groups in total. The zero-order chi connectivity index (χ0) is 32.8. The van der Waals surface area contributed by atoms with Gasteiger partial charge in [0.25, 0.3) is 0 Å². The van der Waals surface area contributed by atoms with Crippen LogP contribution in [0, 0.1) is 0 Å². The van der Waals surface area contributed by atoms with Gasteiger partial charge >= 0.3 is 0 Å². The predicted octanol–water partition coefficient (Wildman–Crippen LogP) is 10.8. The number of benzene rings is 7. The van der Waals surface area contributed by atoms with Gasteiger partial charge in [0.1, 0.15) is 11.5 Å². The SMILES string of the molecule is COc1ccc(C2(c3ccc(N4CCSCC4)cc3)C=Cc3c(c(Oc4ccccc4)cc4c5ccccc5c5ccccc5c34)O2)cc1. The minimum atomic E-state index is -0.912. The van der Waals surface area contributed by atoms with Crippen molar-refractivity contribution in [2.24, 2.45) is 0 Å². The van der Waals surface area contributed by atoms with Gasteiger partial charge in [0, 0.05) is 52.4 Å². The van der Waals surface area contributed by atoms with Crippen LogP contribution in [0.15, 0.2) is 140 Å². The van der Waals surface area contributed by atoms with Crippen molar-refractivity contribution in [3.05, 3.63) is 156 Å². The van der Waals surface area contributed by atoms with Gasteiger partial charge < -0.3 is 19.1 Å². The molecular formula is C44H35NO3S. The van der Waals surface area contributed by atoms with Crippen molar-refractivity contribution in [2.75, 3.05) is 36.6 Å². The first-order chi connectivity index (χ1) is 24.2. The fraction of sp³-hybridized carbons (Fsp3) is 0.136. The Hall–Kier alpha value is -5.39. The van der Waals surface area contributed by atoms with Crippen molar-refractivity contribution in [3.63, 3.8) is 0 Å². The second-order valence-electron chi connectivity index (χ2n) is 12.6. The summed E-state index contributed by atoms with van der Waals surface area (Å²) in [6.45, 7) is 2.13. The zero-order valence-corrected chi connectivity index (χ0v) is 28.1. The summed E-state index contributed by atoms with van der Waals surface area (Å²) in [6, 6.07) is 46.6. The summed E-state index contributed by atoms with van der Waals surface area (Å²) in [7, 11) is 1.70. The predicted molar refractivity (Wildman–Crippen MR) is 205 cm³/mol. The van der Waals surface area contributed by atoms with Crippen LogP contribution in [-0.2, 0) is 5.60 Å². The number of fused-ring (bicyclic) bond motifs is 8. The molecule has 1 atom stereocenters. The van der Waals surface area contributed by atoms with E-state index < -0.39 is 5.60 Å². The van der Waals surface area contributed by atoms with Crippen LogP contribution in [0.3, 0.4) is 0 Å². The van der Waals surface area contributed by atoms with Crippen LogP contribution in [0.5, 0.6) is 23.0 Å². The van der Waals surface area contributed by atoms with E-state index in [1.165, 1.54) is 27.2 Å². The van der Waals surface area contributed by atoms with Gasteiger partial charge in [-0.3, -0.25) is 0 Å². The summed E-state index contributed by atoms with van der Waals surface area (Å²) >= 11 is 2.02. The van der Waals surface area contributed by atoms with Crippen LogP contribution in [0.4, 0.5) is 5.69 Å². The van der Waals surface area contributed by atoms with E-state index in [0.717, 1.165) is 63.6 Å². The first-order valence-corrected chi connectivity index (χ1v) is 18.0. The van der Waals surface area contributed by atoms with Crippen molar-refractivity contribution in [3.8, 4) is 23.0 Å². The third kappa shape index (κ3) is 5.08. The van der Waals surface area contributed by atoms with Gasteiger partial charge in [-0.15, -0.1) is 0 Å². The van der Waals surface area contributed by atoms with Crippen molar-refractivity contribution >= 4 is 55.8 Å². The zero-order valence-electron chi connectivity index (χ0n) is 27.3. The van der Waals surface area contributed by atoms with Crippen LogP contribution in [-0.4, -0.2) is 31.7 Å². The smallest absolute Gasteiger partial charge is 0.178 e. The molecule has 0 amide bonds. The fourth-order valence-corrected chi connectivity index (χ4v) is 8.36. The highest BCUT2D eigenvalue weighted by atomic mass is 32.2. The van der Waals surface area contributed by atoms with E-state index in [1.807, 2.05) is 54.2 Å². The molecule has 5 heteroatoms. The highest BCUT2D eigenvalue weighted by Gasteiger charge is 2.39. The summed E-state index contributed by atoms with van der Waals surface area (Å²) in [5, 5.41) is 7.10. The Kier molecular flexibility index (Phi) is 7.43. The lowest BCUT2D eigenvalue weighted by Crippen LogP contribution is -2.35. The van der Waals surface area contributed by atoms with E-state index in [4.69, 9.17) is 14.2 Å². The lowest BCUT2D eigenvalue weighted by molar-refractivity contribution is 0.156. The molecule has 1 fully saturated rings. The van der Waals surface area contributed by atoms with E-state index >= 15 is 0 Å². The number of anilines is 1. The third-order valence-electron chi connectivity index (χ3n) is 9.90. The molecule has 2 heterocycles. The van der Waals surface area contributed by atoms with Gasteiger partial charge in [-0.05, 0) is 81.5 Å². The largest absolute Gasteiger partial charge is 0.497 e. The van der Waals surface area contributed by atoms with Gasteiger partial charge in [0.05, 0.1) is 7.11 Å². The number of nitrogens with zero attached hydrogens (tertiary/aromatic N) is 1. The van der Waals surface area contributed by atoms with Gasteiger partial charge in [-0.25, -0.2) is 0 Å². The normalized spacial score (nSPS) is 17.2. The minimum absolute atomic E-state index is 0.679. The molecule has 2 aliphatic heterocycles. The lowest BCUT2D eigenvalue weighted by atomic mass is 9.82. The number of hydrogen-bond acceptors (Lipinski definition) is 5. The Bertz CT molecular complexity index is 2350. The summed E-state index contributed by atoms with van der Waals surface area (Å²) in [5.41, 5.74) is 3.39. The van der Waals surface area contributed by atoms with Gasteiger partial charge in [-0.1, -0.05) is 91.0 Å². The Balaban J connectivity index is 1.30. The van der Waals surface area contributed by atoms with E-state index in [2.05, 4.69) is 108 Å². The topological polar surface area (TPSA) is 30.9 Å². The average molecular weight is 658 g/mol. The third-order valence-corrected chi connectivity index (χ3v) is 10.8. The molecule has 0 aromatic heterocycles. The molecule has 2 aliphatic rings. The number of hydrogen-bond donors (Lipinski definition) is 0. The summed E-state index contributed by atoms with van der Waals surface area (Å²) in [5.74, 6) is 5.26. The number of methoxy groups -OCH3 is 1. The van der Waals surface area contributed by atoms with Crippen LogP contribution in [0.25, 0.3) is 38.4 Å². The number of rotatable bonds is 6. The molecule has 1 unspecified atom stereocenters. The second kappa shape index (κ2) is 12.2. The summed E-state index contributed by atoms with van der Waals surface area (Å²) in [4.78, 5) is 2.47. The second-order valence-corrected chi connectivity index (χ2v) is 13.8. The number of ether oxygens (including phenoxy) is 3. The highest BCUT2D eigenvalue weighted by molar-refractivity contribution is 7.99. The summed E-state index contributed by atoms with van der Waals surface area (Å²) < 4.78 is 19.8. The quantitative estimate of drug-likeness (QED) is 0.166. The number of thioether (sulfide) groups is 1. The molecule has 0 spiro atoms. The van der Waals surface area contributed by atoms with Crippen LogP contribution in [0.1, 0.15) is 16.7 Å². The van der Waals surface area contributed by atoms with E-state index in [0.29, 0.717) is 11.5 Å².